The Hall–Kier alpha value is -3.57. The first kappa shape index (κ1) is 25.1. The monoisotopic (exact) mass is 492 g/mol. The third-order valence-electron chi connectivity index (χ3n) is 7.18. The number of benzene rings is 2. The number of aliphatic imine (C=N–C) groups is 2. The van der Waals surface area contributed by atoms with Gasteiger partial charge in [0.05, 0.1) is 11.4 Å². The van der Waals surface area contributed by atoms with Crippen LogP contribution in [-0.2, 0) is 6.61 Å². The van der Waals surface area contributed by atoms with E-state index in [1.54, 1.807) is 6.21 Å². The first-order valence-corrected chi connectivity index (χ1v) is 13.3. The number of pyridine rings is 1. The highest BCUT2D eigenvalue weighted by atomic mass is 16.5. The molecule has 1 aliphatic carbocycles. The first-order valence-electron chi connectivity index (χ1n) is 13.3. The number of ether oxygens (including phenoxy) is 1. The molecular weight excluding hydrogens is 456 g/mol. The molecule has 0 spiro atoms. The van der Waals surface area contributed by atoms with Gasteiger partial charge in [-0.1, -0.05) is 57.9 Å². The van der Waals surface area contributed by atoms with Crippen molar-refractivity contribution >= 4 is 34.0 Å². The standard InChI is InChI=1S/C32H36N4O/c1-32(2,3)31-19-29(36-31)25-12-13-30(26-11-7-6-10-24(25)26)37-21-22-14-16-35-28(18-22)27(20-34-17-15-33)23-8-4-5-9-23/h6-7,10-14,16-20,23H,4-5,8-9,15,21,33H2,1-3H3. The second-order valence-corrected chi connectivity index (χ2v) is 10.9. The smallest absolute Gasteiger partial charge is 0.127 e. The summed E-state index contributed by atoms with van der Waals surface area (Å²) in [6.07, 6.45) is 12.6. The van der Waals surface area contributed by atoms with Crippen molar-refractivity contribution in [2.75, 3.05) is 6.54 Å². The number of aromatic nitrogens is 1. The van der Waals surface area contributed by atoms with Crippen molar-refractivity contribution in [3.8, 4) is 5.75 Å². The van der Waals surface area contributed by atoms with E-state index in [2.05, 4.69) is 74.3 Å². The molecule has 5 nitrogen and oxygen atoms in total. The average Bonchev–Trinajstić information content (AvgIpc) is 3.39. The van der Waals surface area contributed by atoms with Crippen LogP contribution >= 0.6 is 0 Å². The zero-order valence-corrected chi connectivity index (χ0v) is 22.1. The van der Waals surface area contributed by atoms with Crippen LogP contribution < -0.4 is 10.5 Å². The highest BCUT2D eigenvalue weighted by Gasteiger charge is 2.25. The molecule has 0 bridgehead atoms. The number of nitrogens with zero attached hydrogens (tertiary/aromatic N) is 3. The Morgan fingerprint density at radius 2 is 1.84 bits per heavy atom. The fourth-order valence-electron chi connectivity index (χ4n) is 5.09. The van der Waals surface area contributed by atoms with Crippen LogP contribution in [0.25, 0.3) is 22.0 Å². The van der Waals surface area contributed by atoms with Crippen LogP contribution in [0, 0.1) is 11.3 Å². The number of allylic oxidation sites excluding steroid dienone is 2. The Morgan fingerprint density at radius 1 is 1.08 bits per heavy atom. The van der Waals surface area contributed by atoms with E-state index < -0.39 is 0 Å². The summed E-state index contributed by atoms with van der Waals surface area (Å²) in [6, 6.07) is 16.8. The molecule has 0 amide bonds. The van der Waals surface area contributed by atoms with Gasteiger partial charge in [0, 0.05) is 47.2 Å². The molecule has 0 atom stereocenters. The average molecular weight is 493 g/mol. The second kappa shape index (κ2) is 10.8. The summed E-state index contributed by atoms with van der Waals surface area (Å²) in [5, 5.41) is 2.25. The van der Waals surface area contributed by atoms with E-state index >= 15 is 0 Å². The lowest BCUT2D eigenvalue weighted by atomic mass is 9.85. The predicted octanol–water partition coefficient (Wildman–Crippen LogP) is 7.22. The fraction of sp³-hybridized carbons (Fsp3) is 0.344. The Kier molecular flexibility index (Phi) is 7.33. The molecule has 0 saturated heterocycles. The van der Waals surface area contributed by atoms with E-state index in [0.717, 1.165) is 44.8 Å². The van der Waals surface area contributed by atoms with Gasteiger partial charge < -0.3 is 10.5 Å². The molecule has 1 aromatic heterocycles. The maximum atomic E-state index is 6.38. The van der Waals surface area contributed by atoms with Crippen molar-refractivity contribution in [3.05, 3.63) is 83.8 Å². The van der Waals surface area contributed by atoms with Crippen molar-refractivity contribution in [1.29, 1.82) is 0 Å². The molecular formula is C32H36N4O. The summed E-state index contributed by atoms with van der Waals surface area (Å²) in [6.45, 7) is 7.48. The third-order valence-corrected chi connectivity index (χ3v) is 7.18. The first-order chi connectivity index (χ1) is 17.9. The van der Waals surface area contributed by atoms with Crippen LogP contribution in [0.15, 0.2) is 77.0 Å². The van der Waals surface area contributed by atoms with Gasteiger partial charge in [0.1, 0.15) is 12.4 Å². The Balaban J connectivity index is 1.37. The summed E-state index contributed by atoms with van der Waals surface area (Å²) in [5.74, 6) is 1.37. The van der Waals surface area contributed by atoms with Gasteiger partial charge in [-0.3, -0.25) is 15.0 Å². The summed E-state index contributed by atoms with van der Waals surface area (Å²) in [4.78, 5) is 13.9. The summed E-state index contributed by atoms with van der Waals surface area (Å²) < 4.78 is 6.38. The van der Waals surface area contributed by atoms with Gasteiger partial charge in [-0.25, -0.2) is 0 Å². The molecule has 2 heterocycles. The van der Waals surface area contributed by atoms with Crippen molar-refractivity contribution in [2.45, 2.75) is 53.1 Å². The van der Waals surface area contributed by atoms with Gasteiger partial charge in [0.25, 0.3) is 0 Å². The van der Waals surface area contributed by atoms with Gasteiger partial charge in [0.2, 0.25) is 0 Å². The zero-order chi connectivity index (χ0) is 25.8. The minimum Gasteiger partial charge on any atom is -0.488 e. The van der Waals surface area contributed by atoms with Crippen molar-refractivity contribution < 1.29 is 4.74 Å². The molecule has 2 aromatic carbocycles. The van der Waals surface area contributed by atoms with Gasteiger partial charge >= 0.3 is 0 Å². The number of nitrogens with two attached hydrogens (primary N) is 1. The summed E-state index contributed by atoms with van der Waals surface area (Å²) >= 11 is 0. The predicted molar refractivity (Wildman–Crippen MR) is 155 cm³/mol. The van der Waals surface area contributed by atoms with E-state index in [1.807, 2.05) is 18.5 Å². The molecule has 3 aromatic rings. The minimum atomic E-state index is 0.0648. The molecule has 0 unspecified atom stereocenters. The molecule has 1 fully saturated rings. The maximum Gasteiger partial charge on any atom is 0.127 e. The lowest BCUT2D eigenvalue weighted by Crippen LogP contribution is -2.22. The van der Waals surface area contributed by atoms with Crippen LogP contribution in [0.5, 0.6) is 5.75 Å². The van der Waals surface area contributed by atoms with Gasteiger partial charge in [-0.05, 0) is 65.6 Å². The van der Waals surface area contributed by atoms with Crippen LogP contribution in [0.2, 0.25) is 0 Å². The molecule has 0 radical (unpaired) electrons. The van der Waals surface area contributed by atoms with Crippen LogP contribution in [0.4, 0.5) is 0 Å². The van der Waals surface area contributed by atoms with E-state index in [4.69, 9.17) is 20.4 Å². The van der Waals surface area contributed by atoms with E-state index in [0.29, 0.717) is 19.1 Å². The normalized spacial score (nSPS) is 16.7. The lowest BCUT2D eigenvalue weighted by molar-refractivity contribution is 0.310. The number of hydrogen-bond acceptors (Lipinski definition) is 5. The largest absolute Gasteiger partial charge is 0.488 e. The van der Waals surface area contributed by atoms with E-state index in [1.165, 1.54) is 31.3 Å². The Labute approximate surface area is 219 Å². The van der Waals surface area contributed by atoms with Crippen molar-refractivity contribution in [1.82, 2.24) is 4.98 Å². The van der Waals surface area contributed by atoms with Gasteiger partial charge in [-0.15, -0.1) is 0 Å². The fourth-order valence-corrected chi connectivity index (χ4v) is 5.09. The van der Waals surface area contributed by atoms with Crippen LogP contribution in [0.3, 0.4) is 0 Å². The quantitative estimate of drug-likeness (QED) is 0.338. The molecule has 37 heavy (non-hydrogen) atoms. The van der Waals surface area contributed by atoms with Gasteiger partial charge in [0.15, 0.2) is 0 Å². The molecule has 190 valence electrons. The lowest BCUT2D eigenvalue weighted by Gasteiger charge is -2.26. The molecule has 2 aliphatic rings. The zero-order valence-electron chi connectivity index (χ0n) is 22.1. The number of rotatable bonds is 8. The van der Waals surface area contributed by atoms with Crippen molar-refractivity contribution in [3.63, 3.8) is 0 Å². The summed E-state index contributed by atoms with van der Waals surface area (Å²) in [7, 11) is 0. The molecule has 2 N–H and O–H groups in total. The Bertz CT molecular complexity index is 1400. The molecule has 5 heteroatoms. The van der Waals surface area contributed by atoms with E-state index in [9.17, 15) is 0 Å². The highest BCUT2D eigenvalue weighted by molar-refractivity contribution is 6.15. The summed E-state index contributed by atoms with van der Waals surface area (Å²) in [5.41, 5.74) is 12.3. The van der Waals surface area contributed by atoms with Gasteiger partial charge in [-0.2, -0.15) is 0 Å². The maximum absolute atomic E-state index is 6.38. The minimum absolute atomic E-state index is 0.0648. The van der Waals surface area contributed by atoms with Crippen LogP contribution in [0.1, 0.15) is 63.3 Å². The third kappa shape index (κ3) is 5.57. The van der Waals surface area contributed by atoms with Crippen LogP contribution in [-0.4, -0.2) is 23.5 Å². The second-order valence-electron chi connectivity index (χ2n) is 10.9. The molecule has 1 saturated carbocycles. The number of fused-ring (bicyclic) bond motifs is 1. The SMILES string of the molecule is CC(C)(C)C1=NC(c2ccc(OCc3ccnc(C(=CN=CCN)C4CCCC4)c3)c3ccccc23)=C1. The number of hydrogen-bond donors (Lipinski definition) is 1. The molecule has 1 aliphatic heterocycles. The molecule has 5 rings (SSSR count). The Morgan fingerprint density at radius 3 is 2.57 bits per heavy atom. The topological polar surface area (TPSA) is 72.9 Å². The van der Waals surface area contributed by atoms with E-state index in [-0.39, 0.29) is 5.41 Å². The van der Waals surface area contributed by atoms with Crippen molar-refractivity contribution in [2.24, 2.45) is 27.1 Å². The highest BCUT2D eigenvalue weighted by Crippen LogP contribution is 2.38.